The molecule has 1 N–H and O–H groups in total. The average molecular weight is 384 g/mol. The molecule has 3 rings (SSSR count). The van der Waals surface area contributed by atoms with Gasteiger partial charge in [-0.1, -0.05) is 19.3 Å². The highest BCUT2D eigenvalue weighted by Gasteiger charge is 2.48. The maximum atomic E-state index is 11.3. The number of hydroxylamine groups is 2. The summed E-state index contributed by atoms with van der Waals surface area (Å²) in [6.45, 7) is 2.28. The third-order valence-electron chi connectivity index (χ3n) is 6.55. The molecule has 3 fully saturated rings. The molecule has 3 aliphatic rings. The molecule has 1 aliphatic carbocycles. The summed E-state index contributed by atoms with van der Waals surface area (Å²) >= 11 is 0. The minimum atomic E-state index is -0.241. The van der Waals surface area contributed by atoms with Crippen LogP contribution in [-0.2, 0) is 19.0 Å². The van der Waals surface area contributed by atoms with Crippen molar-refractivity contribution in [1.29, 1.82) is 0 Å². The molecule has 2 saturated heterocycles. The van der Waals surface area contributed by atoms with Crippen LogP contribution in [0, 0.1) is 11.8 Å². The highest BCUT2D eigenvalue weighted by molar-refractivity contribution is 5.74. The summed E-state index contributed by atoms with van der Waals surface area (Å²) in [6.07, 6.45) is 13.1. The molecule has 156 valence electrons. The van der Waals surface area contributed by atoms with Crippen LogP contribution in [0.15, 0.2) is 0 Å². The summed E-state index contributed by atoms with van der Waals surface area (Å²) in [7, 11) is 1.37. The lowest BCUT2D eigenvalue weighted by atomic mass is 9.78. The third-order valence-corrected chi connectivity index (χ3v) is 6.55. The van der Waals surface area contributed by atoms with E-state index in [1.165, 1.54) is 45.6 Å². The van der Waals surface area contributed by atoms with E-state index in [-0.39, 0.29) is 5.91 Å². The van der Waals surface area contributed by atoms with Gasteiger partial charge in [0.15, 0.2) is 0 Å². The fourth-order valence-electron chi connectivity index (χ4n) is 4.97. The van der Waals surface area contributed by atoms with E-state index in [1.54, 1.807) is 0 Å². The van der Waals surface area contributed by atoms with Crippen LogP contribution >= 0.6 is 0 Å². The monoisotopic (exact) mass is 383 g/mol. The van der Waals surface area contributed by atoms with E-state index in [0.29, 0.717) is 48.2 Å². The molecular weight excluding hydrogens is 346 g/mol. The van der Waals surface area contributed by atoms with Gasteiger partial charge < -0.3 is 14.2 Å². The van der Waals surface area contributed by atoms with Gasteiger partial charge in [0.2, 0.25) is 5.91 Å². The normalized spacial score (nSPS) is 30.7. The second-order valence-electron chi connectivity index (χ2n) is 8.49. The fraction of sp³-hybridized carbons (Fsp3) is 0.952. The van der Waals surface area contributed by atoms with E-state index < -0.39 is 0 Å². The molecule has 2 aliphatic heterocycles. The molecule has 0 aromatic carbocycles. The van der Waals surface area contributed by atoms with Crippen LogP contribution in [0.1, 0.15) is 70.6 Å². The predicted molar refractivity (Wildman–Crippen MR) is 102 cm³/mol. The summed E-state index contributed by atoms with van der Waals surface area (Å²) in [6, 6.07) is 0. The van der Waals surface area contributed by atoms with Crippen molar-refractivity contribution in [2.24, 2.45) is 11.8 Å². The molecule has 4 atom stereocenters. The van der Waals surface area contributed by atoms with Crippen LogP contribution in [0.5, 0.6) is 0 Å². The summed E-state index contributed by atoms with van der Waals surface area (Å²) in [5, 5.41) is 9.70. The van der Waals surface area contributed by atoms with Gasteiger partial charge in [-0.2, -0.15) is 0 Å². The Kier molecular flexibility index (Phi) is 8.37. The van der Waals surface area contributed by atoms with E-state index >= 15 is 0 Å². The minimum Gasteiger partial charge on any atom is -0.381 e. The van der Waals surface area contributed by atoms with Crippen molar-refractivity contribution in [2.75, 3.05) is 26.9 Å². The second kappa shape index (κ2) is 10.7. The van der Waals surface area contributed by atoms with Crippen LogP contribution < -0.4 is 0 Å². The summed E-state index contributed by atoms with van der Waals surface area (Å²) < 4.78 is 18.2. The second-order valence-corrected chi connectivity index (χ2v) is 8.49. The number of unbranched alkanes of at least 4 members (excludes halogenated alkanes) is 1. The highest BCUT2D eigenvalue weighted by atomic mass is 16.5. The summed E-state index contributed by atoms with van der Waals surface area (Å²) in [4.78, 5) is 11.3. The number of amides is 1. The van der Waals surface area contributed by atoms with Gasteiger partial charge in [-0.15, -0.1) is 0 Å². The summed E-state index contributed by atoms with van der Waals surface area (Å²) in [5.74, 6) is 0.815. The van der Waals surface area contributed by atoms with Gasteiger partial charge in [-0.05, 0) is 50.9 Å². The van der Waals surface area contributed by atoms with Crippen molar-refractivity contribution >= 4 is 5.91 Å². The molecule has 1 amide bonds. The Morgan fingerprint density at radius 1 is 1.04 bits per heavy atom. The van der Waals surface area contributed by atoms with E-state index in [2.05, 4.69) is 0 Å². The number of carbonyl (C=O) groups is 1. The van der Waals surface area contributed by atoms with E-state index in [9.17, 15) is 4.79 Å². The number of carbonyl (C=O) groups excluding carboxylic acids is 1. The van der Waals surface area contributed by atoms with Crippen molar-refractivity contribution in [3.05, 3.63) is 0 Å². The Morgan fingerprint density at radius 3 is 2.52 bits per heavy atom. The van der Waals surface area contributed by atoms with Crippen LogP contribution in [0.25, 0.3) is 0 Å². The van der Waals surface area contributed by atoms with Gasteiger partial charge in [0.05, 0.1) is 24.9 Å². The Labute approximate surface area is 163 Å². The van der Waals surface area contributed by atoms with Crippen molar-refractivity contribution < 1.29 is 24.2 Å². The van der Waals surface area contributed by atoms with Gasteiger partial charge >= 0.3 is 0 Å². The lowest BCUT2D eigenvalue weighted by Crippen LogP contribution is -2.32. The maximum Gasteiger partial charge on any atom is 0.245 e. The Hall–Kier alpha value is -0.690. The lowest BCUT2D eigenvalue weighted by Gasteiger charge is -2.29. The van der Waals surface area contributed by atoms with Gasteiger partial charge in [0.25, 0.3) is 0 Å². The Bertz CT molecular complexity index is 452. The molecule has 6 nitrogen and oxygen atoms in total. The zero-order valence-electron chi connectivity index (χ0n) is 16.8. The average Bonchev–Trinajstić information content (AvgIpc) is 3.27. The number of fused-ring (bicyclic) bond motifs is 2. The first-order valence-corrected chi connectivity index (χ1v) is 11.0. The molecule has 0 aromatic heterocycles. The first kappa shape index (κ1) is 21.0. The van der Waals surface area contributed by atoms with Crippen molar-refractivity contribution in [2.45, 2.75) is 88.9 Å². The topological polar surface area (TPSA) is 68.2 Å². The highest BCUT2D eigenvalue weighted by Crippen LogP contribution is 2.45. The quantitative estimate of drug-likeness (QED) is 0.336. The Morgan fingerprint density at radius 2 is 1.78 bits per heavy atom. The molecule has 1 saturated carbocycles. The number of ether oxygens (including phenoxy) is 3. The van der Waals surface area contributed by atoms with E-state index in [1.807, 2.05) is 0 Å². The van der Waals surface area contributed by atoms with Gasteiger partial charge in [0, 0.05) is 32.6 Å². The molecule has 0 radical (unpaired) electrons. The van der Waals surface area contributed by atoms with Gasteiger partial charge in [0.1, 0.15) is 0 Å². The SMILES string of the molecule is CN(O)C(=O)CCCCOCC1C2CCC(O2)C1CCOC1CCCCC1. The van der Waals surface area contributed by atoms with Crippen molar-refractivity contribution in [3.63, 3.8) is 0 Å². The smallest absolute Gasteiger partial charge is 0.245 e. The van der Waals surface area contributed by atoms with Crippen molar-refractivity contribution in [1.82, 2.24) is 5.06 Å². The summed E-state index contributed by atoms with van der Waals surface area (Å²) in [5.41, 5.74) is 0. The zero-order valence-corrected chi connectivity index (χ0v) is 16.8. The number of nitrogens with zero attached hydrogens (tertiary/aromatic N) is 1. The van der Waals surface area contributed by atoms with Crippen LogP contribution in [0.2, 0.25) is 0 Å². The first-order valence-electron chi connectivity index (χ1n) is 11.0. The van der Waals surface area contributed by atoms with E-state index in [0.717, 1.165) is 38.9 Å². The number of rotatable bonds is 11. The van der Waals surface area contributed by atoms with Crippen LogP contribution in [-0.4, -0.2) is 61.4 Å². The maximum absolute atomic E-state index is 11.3. The zero-order chi connectivity index (χ0) is 19.1. The van der Waals surface area contributed by atoms with Gasteiger partial charge in [-0.25, -0.2) is 5.06 Å². The number of hydrogen-bond acceptors (Lipinski definition) is 5. The molecule has 6 heteroatoms. The number of hydrogen-bond donors (Lipinski definition) is 1. The molecule has 27 heavy (non-hydrogen) atoms. The van der Waals surface area contributed by atoms with Crippen LogP contribution in [0.4, 0.5) is 0 Å². The molecule has 0 aromatic rings. The Balaban J connectivity index is 1.31. The molecule has 0 spiro atoms. The molecule has 2 bridgehead atoms. The molecule has 4 unspecified atom stereocenters. The largest absolute Gasteiger partial charge is 0.381 e. The fourth-order valence-corrected chi connectivity index (χ4v) is 4.97. The minimum absolute atomic E-state index is 0.241. The lowest BCUT2D eigenvalue weighted by molar-refractivity contribution is -0.159. The van der Waals surface area contributed by atoms with Crippen molar-refractivity contribution in [3.8, 4) is 0 Å². The molecular formula is C21H37NO5. The third kappa shape index (κ3) is 6.14. The molecule has 2 heterocycles. The predicted octanol–water partition coefficient (Wildman–Crippen LogP) is 3.55. The van der Waals surface area contributed by atoms with Crippen LogP contribution in [0.3, 0.4) is 0 Å². The first-order chi connectivity index (χ1) is 13.1. The standard InChI is InChI=1S/C21H37NO5/c1-22(24)21(23)9-5-6-13-25-15-18-17(19-10-11-20(18)27-19)12-14-26-16-7-3-2-4-8-16/h16-20,24H,2-15H2,1H3. The van der Waals surface area contributed by atoms with E-state index in [4.69, 9.17) is 19.4 Å². The van der Waals surface area contributed by atoms with Gasteiger partial charge in [-0.3, -0.25) is 10.0 Å².